The molecule has 4 nitrogen and oxygen atoms in total. The van der Waals surface area contributed by atoms with Gasteiger partial charge in [0.25, 0.3) is 0 Å². The number of nitrogens with zero attached hydrogens (tertiary/aromatic N) is 1. The molecule has 0 N–H and O–H groups in total. The molecule has 1 rings (SSSR count). The number of carbonyl (C=O) groups is 1. The predicted molar refractivity (Wildman–Crippen MR) is 53.8 cm³/mol. The van der Waals surface area contributed by atoms with Crippen molar-refractivity contribution in [2.45, 2.75) is 13.3 Å². The Bertz CT molecular complexity index is 534. The Kier molecular flexibility index (Phi) is 4.32. The summed E-state index contributed by atoms with van der Waals surface area (Å²) in [4.78, 5) is 11.4. The SMILES string of the molecule is CCOC(=O)c1cc(OC(F)(F)F)c(F)cc1C#N. The molecule has 0 fully saturated rings. The van der Waals surface area contributed by atoms with E-state index < -0.39 is 35.0 Å². The Morgan fingerprint density at radius 3 is 2.53 bits per heavy atom. The number of alkyl halides is 3. The molecule has 0 spiro atoms. The Morgan fingerprint density at radius 1 is 1.42 bits per heavy atom. The summed E-state index contributed by atoms with van der Waals surface area (Å²) in [6, 6.07) is 2.45. The highest BCUT2D eigenvalue weighted by molar-refractivity contribution is 5.92. The average molecular weight is 277 g/mol. The monoisotopic (exact) mass is 277 g/mol. The molecule has 8 heteroatoms. The molecule has 0 aliphatic carbocycles. The van der Waals surface area contributed by atoms with E-state index in [2.05, 4.69) is 9.47 Å². The van der Waals surface area contributed by atoms with Crippen molar-refractivity contribution in [3.05, 3.63) is 29.1 Å². The van der Waals surface area contributed by atoms with E-state index in [9.17, 15) is 22.4 Å². The highest BCUT2D eigenvalue weighted by atomic mass is 19.4. The minimum Gasteiger partial charge on any atom is -0.462 e. The van der Waals surface area contributed by atoms with Gasteiger partial charge in [0.2, 0.25) is 0 Å². The van der Waals surface area contributed by atoms with Crippen molar-refractivity contribution in [3.8, 4) is 11.8 Å². The highest BCUT2D eigenvalue weighted by Crippen LogP contribution is 2.28. The normalized spacial score (nSPS) is 10.7. The predicted octanol–water partition coefficient (Wildman–Crippen LogP) is 2.77. The van der Waals surface area contributed by atoms with Crippen LogP contribution in [-0.4, -0.2) is 18.9 Å². The Balaban J connectivity index is 3.26. The van der Waals surface area contributed by atoms with E-state index in [0.717, 1.165) is 0 Å². The summed E-state index contributed by atoms with van der Waals surface area (Å²) in [7, 11) is 0. The third kappa shape index (κ3) is 3.84. The third-order valence-corrected chi connectivity index (χ3v) is 1.91. The molecular weight excluding hydrogens is 270 g/mol. The maximum atomic E-state index is 13.3. The van der Waals surface area contributed by atoms with Crippen molar-refractivity contribution < 1.29 is 31.8 Å². The van der Waals surface area contributed by atoms with E-state index in [0.29, 0.717) is 12.1 Å². The first-order valence-corrected chi connectivity index (χ1v) is 4.95. The van der Waals surface area contributed by atoms with Crippen LogP contribution in [0.1, 0.15) is 22.8 Å². The van der Waals surface area contributed by atoms with Crippen LogP contribution in [0.15, 0.2) is 12.1 Å². The minimum atomic E-state index is -5.11. The number of hydrogen-bond donors (Lipinski definition) is 0. The van der Waals surface area contributed by atoms with Crippen LogP contribution in [-0.2, 0) is 4.74 Å². The van der Waals surface area contributed by atoms with Crippen molar-refractivity contribution in [2.24, 2.45) is 0 Å². The summed E-state index contributed by atoms with van der Waals surface area (Å²) in [5.74, 6) is -3.64. The quantitative estimate of drug-likeness (QED) is 0.629. The van der Waals surface area contributed by atoms with Gasteiger partial charge in [0.1, 0.15) is 6.07 Å². The second kappa shape index (κ2) is 5.56. The molecule has 0 saturated heterocycles. The van der Waals surface area contributed by atoms with E-state index in [1.165, 1.54) is 13.0 Å². The molecule has 0 saturated carbocycles. The fourth-order valence-electron chi connectivity index (χ4n) is 1.23. The van der Waals surface area contributed by atoms with Crippen molar-refractivity contribution in [1.29, 1.82) is 5.26 Å². The number of rotatable bonds is 3. The summed E-state index contributed by atoms with van der Waals surface area (Å²) in [5.41, 5.74) is -0.935. The van der Waals surface area contributed by atoms with Gasteiger partial charge in [-0.05, 0) is 19.1 Å². The molecular formula is C11H7F4NO3. The topological polar surface area (TPSA) is 59.3 Å². The summed E-state index contributed by atoms with van der Waals surface area (Å²) < 4.78 is 57.3. The summed E-state index contributed by atoms with van der Waals surface area (Å²) in [5, 5.41) is 8.70. The zero-order valence-electron chi connectivity index (χ0n) is 9.55. The van der Waals surface area contributed by atoms with Gasteiger partial charge in [-0.1, -0.05) is 0 Å². The fraction of sp³-hybridized carbons (Fsp3) is 0.273. The van der Waals surface area contributed by atoms with Crippen LogP contribution in [0.2, 0.25) is 0 Å². The number of nitriles is 1. The summed E-state index contributed by atoms with van der Waals surface area (Å²) >= 11 is 0. The van der Waals surface area contributed by atoms with Crippen molar-refractivity contribution >= 4 is 5.97 Å². The van der Waals surface area contributed by atoms with Crippen molar-refractivity contribution in [1.82, 2.24) is 0 Å². The third-order valence-electron chi connectivity index (χ3n) is 1.91. The Hall–Kier alpha value is -2.30. The van der Waals surface area contributed by atoms with Crippen LogP contribution in [0.25, 0.3) is 0 Å². The molecule has 19 heavy (non-hydrogen) atoms. The second-order valence-electron chi connectivity index (χ2n) is 3.21. The number of ether oxygens (including phenoxy) is 2. The molecule has 1 aromatic carbocycles. The van der Waals surface area contributed by atoms with Gasteiger partial charge < -0.3 is 9.47 Å². The maximum absolute atomic E-state index is 13.3. The first kappa shape index (κ1) is 14.8. The van der Waals surface area contributed by atoms with Crippen LogP contribution >= 0.6 is 0 Å². The second-order valence-corrected chi connectivity index (χ2v) is 3.21. The maximum Gasteiger partial charge on any atom is 0.573 e. The number of esters is 1. The smallest absolute Gasteiger partial charge is 0.462 e. The summed E-state index contributed by atoms with van der Waals surface area (Å²) in [6.07, 6.45) is -5.11. The molecule has 0 amide bonds. The first-order chi connectivity index (χ1) is 8.78. The van der Waals surface area contributed by atoms with Crippen molar-refractivity contribution in [3.63, 3.8) is 0 Å². The molecule has 0 aliphatic heterocycles. The molecule has 0 heterocycles. The molecule has 0 aliphatic rings. The van der Waals surface area contributed by atoms with Gasteiger partial charge in [0.05, 0.1) is 17.7 Å². The van der Waals surface area contributed by atoms with Crippen LogP contribution < -0.4 is 4.74 Å². The van der Waals surface area contributed by atoms with Crippen molar-refractivity contribution in [2.75, 3.05) is 6.61 Å². The van der Waals surface area contributed by atoms with Gasteiger partial charge in [-0.15, -0.1) is 13.2 Å². The van der Waals surface area contributed by atoms with E-state index in [1.54, 1.807) is 0 Å². The van der Waals surface area contributed by atoms with Gasteiger partial charge in [-0.25, -0.2) is 9.18 Å². The number of carbonyl (C=O) groups excluding carboxylic acids is 1. The zero-order chi connectivity index (χ0) is 14.6. The molecule has 0 radical (unpaired) electrons. The van der Waals surface area contributed by atoms with Crippen LogP contribution in [0.4, 0.5) is 17.6 Å². The van der Waals surface area contributed by atoms with Gasteiger partial charge in [-0.3, -0.25) is 0 Å². The highest BCUT2D eigenvalue weighted by Gasteiger charge is 2.33. The lowest BCUT2D eigenvalue weighted by molar-refractivity contribution is -0.275. The molecule has 0 aromatic heterocycles. The van der Waals surface area contributed by atoms with Gasteiger partial charge in [-0.2, -0.15) is 5.26 Å². The minimum absolute atomic E-state index is 0.0451. The van der Waals surface area contributed by atoms with E-state index in [-0.39, 0.29) is 6.61 Å². The lowest BCUT2D eigenvalue weighted by Gasteiger charge is -2.11. The molecule has 1 aromatic rings. The summed E-state index contributed by atoms with van der Waals surface area (Å²) in [6.45, 7) is 1.43. The first-order valence-electron chi connectivity index (χ1n) is 4.95. The number of halogens is 4. The van der Waals surface area contributed by atoms with Crippen LogP contribution in [0.5, 0.6) is 5.75 Å². The largest absolute Gasteiger partial charge is 0.573 e. The average Bonchev–Trinajstić information content (AvgIpc) is 2.29. The standard InChI is InChI=1S/C11H7F4NO3/c1-2-18-10(17)7-4-9(19-11(13,14)15)8(12)3-6(7)5-16/h3-4H,2H2,1H3. The van der Waals surface area contributed by atoms with Gasteiger partial charge in [0, 0.05) is 0 Å². The number of benzene rings is 1. The molecule has 0 bridgehead atoms. The molecule has 0 atom stereocenters. The van der Waals surface area contributed by atoms with Gasteiger partial charge >= 0.3 is 12.3 Å². The van der Waals surface area contributed by atoms with E-state index >= 15 is 0 Å². The lowest BCUT2D eigenvalue weighted by Crippen LogP contribution is -2.19. The van der Waals surface area contributed by atoms with Gasteiger partial charge in [0.15, 0.2) is 11.6 Å². The lowest BCUT2D eigenvalue weighted by atomic mass is 10.1. The fourth-order valence-corrected chi connectivity index (χ4v) is 1.23. The van der Waals surface area contributed by atoms with E-state index in [4.69, 9.17) is 5.26 Å². The Morgan fingerprint density at radius 2 is 2.05 bits per heavy atom. The zero-order valence-corrected chi connectivity index (χ0v) is 9.55. The molecule has 102 valence electrons. The Labute approximate surface area is 105 Å². The van der Waals surface area contributed by atoms with Crippen LogP contribution in [0, 0.1) is 17.1 Å². The molecule has 0 unspecified atom stereocenters. The van der Waals surface area contributed by atoms with E-state index in [1.807, 2.05) is 0 Å². The number of hydrogen-bond acceptors (Lipinski definition) is 4. The van der Waals surface area contributed by atoms with Crippen LogP contribution in [0.3, 0.4) is 0 Å².